The molecule has 1 N–H and O–H groups in total. The van der Waals surface area contributed by atoms with Crippen LogP contribution in [-0.2, 0) is 11.3 Å². The first-order valence-electron chi connectivity index (χ1n) is 8.11. The molecule has 6 nitrogen and oxygen atoms in total. The molecule has 0 fully saturated rings. The molecular weight excluding hydrogens is 354 g/mol. The van der Waals surface area contributed by atoms with Crippen LogP contribution in [0.2, 0.25) is 5.02 Å². The lowest BCUT2D eigenvalue weighted by Crippen LogP contribution is -2.36. The second-order valence-corrected chi connectivity index (χ2v) is 6.26. The SMILES string of the molecule is Cc1cccc(-c2nc(CNC(=O)C(C)Oc3cccc(Cl)c3)no2)c1. The van der Waals surface area contributed by atoms with Crippen molar-refractivity contribution < 1.29 is 14.1 Å². The number of hydrogen-bond acceptors (Lipinski definition) is 5. The van der Waals surface area contributed by atoms with Gasteiger partial charge in [0.1, 0.15) is 5.75 Å². The molecule has 3 aromatic rings. The van der Waals surface area contributed by atoms with Gasteiger partial charge in [-0.15, -0.1) is 0 Å². The van der Waals surface area contributed by atoms with Gasteiger partial charge < -0.3 is 14.6 Å². The van der Waals surface area contributed by atoms with Gasteiger partial charge in [-0.25, -0.2) is 0 Å². The highest BCUT2D eigenvalue weighted by molar-refractivity contribution is 6.30. The molecule has 134 valence electrons. The normalized spacial score (nSPS) is 11.8. The first-order chi connectivity index (χ1) is 12.5. The fourth-order valence-corrected chi connectivity index (χ4v) is 2.51. The van der Waals surface area contributed by atoms with E-state index in [4.69, 9.17) is 20.9 Å². The number of hydrogen-bond donors (Lipinski definition) is 1. The third kappa shape index (κ3) is 4.61. The maximum absolute atomic E-state index is 12.2. The fourth-order valence-electron chi connectivity index (χ4n) is 2.33. The van der Waals surface area contributed by atoms with E-state index in [2.05, 4.69) is 15.5 Å². The van der Waals surface area contributed by atoms with Gasteiger partial charge >= 0.3 is 0 Å². The average molecular weight is 372 g/mol. The van der Waals surface area contributed by atoms with Crippen LogP contribution < -0.4 is 10.1 Å². The predicted octanol–water partition coefficient (Wildman–Crippen LogP) is 3.78. The summed E-state index contributed by atoms with van der Waals surface area (Å²) in [6.07, 6.45) is -0.684. The van der Waals surface area contributed by atoms with E-state index in [9.17, 15) is 4.79 Å². The van der Waals surface area contributed by atoms with E-state index < -0.39 is 6.10 Å². The quantitative estimate of drug-likeness (QED) is 0.713. The van der Waals surface area contributed by atoms with E-state index in [0.717, 1.165) is 11.1 Å². The van der Waals surface area contributed by atoms with Crippen LogP contribution >= 0.6 is 11.6 Å². The smallest absolute Gasteiger partial charge is 0.261 e. The van der Waals surface area contributed by atoms with E-state index in [1.165, 1.54) is 0 Å². The number of rotatable bonds is 6. The molecule has 7 heteroatoms. The van der Waals surface area contributed by atoms with Crippen LogP contribution in [0.15, 0.2) is 53.1 Å². The highest BCUT2D eigenvalue weighted by Gasteiger charge is 2.16. The minimum Gasteiger partial charge on any atom is -0.481 e. The number of benzene rings is 2. The summed E-state index contributed by atoms with van der Waals surface area (Å²) in [6.45, 7) is 3.80. The van der Waals surface area contributed by atoms with Gasteiger partial charge in [0.05, 0.1) is 6.54 Å². The number of halogens is 1. The molecule has 0 bridgehead atoms. The van der Waals surface area contributed by atoms with Crippen LogP contribution in [0.25, 0.3) is 11.5 Å². The Bertz CT molecular complexity index is 910. The minimum absolute atomic E-state index is 0.150. The Morgan fingerprint density at radius 3 is 2.85 bits per heavy atom. The van der Waals surface area contributed by atoms with Crippen LogP contribution in [0.5, 0.6) is 5.75 Å². The molecule has 2 aromatic carbocycles. The standard InChI is InChI=1S/C19H18ClN3O3/c1-12-5-3-6-14(9-12)19-22-17(23-26-19)11-21-18(24)13(2)25-16-8-4-7-15(20)10-16/h3-10,13H,11H2,1-2H3,(H,21,24). The Morgan fingerprint density at radius 2 is 2.08 bits per heavy atom. The Hall–Kier alpha value is -2.86. The second kappa shape index (κ2) is 8.01. The Morgan fingerprint density at radius 1 is 1.27 bits per heavy atom. The average Bonchev–Trinajstić information content (AvgIpc) is 3.08. The summed E-state index contributed by atoms with van der Waals surface area (Å²) >= 11 is 5.90. The molecule has 3 rings (SSSR count). The van der Waals surface area contributed by atoms with Crippen molar-refractivity contribution in [3.05, 3.63) is 64.9 Å². The van der Waals surface area contributed by atoms with Gasteiger partial charge in [0.15, 0.2) is 11.9 Å². The van der Waals surface area contributed by atoms with Gasteiger partial charge in [-0.1, -0.05) is 40.5 Å². The zero-order valence-corrected chi connectivity index (χ0v) is 15.2. The van der Waals surface area contributed by atoms with Crippen LogP contribution in [0.4, 0.5) is 0 Å². The number of carbonyl (C=O) groups is 1. The molecule has 1 atom stereocenters. The molecule has 0 saturated carbocycles. The fraction of sp³-hybridized carbons (Fsp3) is 0.211. The summed E-state index contributed by atoms with van der Waals surface area (Å²) in [5.41, 5.74) is 1.94. The molecule has 1 aromatic heterocycles. The second-order valence-electron chi connectivity index (χ2n) is 5.82. The molecular formula is C19H18ClN3O3. The highest BCUT2D eigenvalue weighted by atomic mass is 35.5. The lowest BCUT2D eigenvalue weighted by atomic mass is 10.1. The number of aromatic nitrogens is 2. The van der Waals surface area contributed by atoms with Crippen molar-refractivity contribution in [2.24, 2.45) is 0 Å². The number of carbonyl (C=O) groups excluding carboxylic acids is 1. The minimum atomic E-state index is -0.684. The molecule has 26 heavy (non-hydrogen) atoms. The monoisotopic (exact) mass is 371 g/mol. The highest BCUT2D eigenvalue weighted by Crippen LogP contribution is 2.19. The number of aryl methyl sites for hydroxylation is 1. The van der Waals surface area contributed by atoms with Crippen molar-refractivity contribution in [3.63, 3.8) is 0 Å². The van der Waals surface area contributed by atoms with Crippen molar-refractivity contribution in [2.75, 3.05) is 0 Å². The first-order valence-corrected chi connectivity index (χ1v) is 8.48. The topological polar surface area (TPSA) is 77.2 Å². The van der Waals surface area contributed by atoms with Gasteiger partial charge in [0, 0.05) is 10.6 Å². The van der Waals surface area contributed by atoms with E-state index in [-0.39, 0.29) is 12.5 Å². The maximum Gasteiger partial charge on any atom is 0.261 e. The molecule has 0 aliphatic carbocycles. The van der Waals surface area contributed by atoms with Gasteiger partial charge in [-0.05, 0) is 44.2 Å². The predicted molar refractivity (Wildman–Crippen MR) is 97.9 cm³/mol. The van der Waals surface area contributed by atoms with Crippen LogP contribution in [0, 0.1) is 6.92 Å². The third-order valence-electron chi connectivity index (χ3n) is 3.63. The van der Waals surface area contributed by atoms with E-state index in [1.807, 2.05) is 31.2 Å². The van der Waals surface area contributed by atoms with Gasteiger partial charge in [0.2, 0.25) is 0 Å². The number of amides is 1. The summed E-state index contributed by atoms with van der Waals surface area (Å²) in [4.78, 5) is 16.5. The Balaban J connectivity index is 1.56. The largest absolute Gasteiger partial charge is 0.481 e. The van der Waals surface area contributed by atoms with Gasteiger partial charge in [-0.2, -0.15) is 4.98 Å². The molecule has 0 spiro atoms. The van der Waals surface area contributed by atoms with Crippen LogP contribution in [0.3, 0.4) is 0 Å². The van der Waals surface area contributed by atoms with Crippen molar-refractivity contribution in [1.29, 1.82) is 0 Å². The summed E-state index contributed by atoms with van der Waals surface area (Å²) < 4.78 is 10.8. The van der Waals surface area contributed by atoms with Crippen molar-refractivity contribution >= 4 is 17.5 Å². The zero-order chi connectivity index (χ0) is 18.5. The molecule has 1 unspecified atom stereocenters. The lowest BCUT2D eigenvalue weighted by Gasteiger charge is -2.14. The van der Waals surface area contributed by atoms with Gasteiger partial charge in [-0.3, -0.25) is 4.79 Å². The van der Waals surface area contributed by atoms with Crippen molar-refractivity contribution in [1.82, 2.24) is 15.5 Å². The molecule has 0 saturated heterocycles. The molecule has 1 heterocycles. The molecule has 1 amide bonds. The summed E-state index contributed by atoms with van der Waals surface area (Å²) in [7, 11) is 0. The van der Waals surface area contributed by atoms with Crippen LogP contribution in [0.1, 0.15) is 18.3 Å². The number of nitrogens with one attached hydrogen (secondary N) is 1. The lowest BCUT2D eigenvalue weighted by molar-refractivity contribution is -0.127. The van der Waals surface area contributed by atoms with E-state index in [0.29, 0.717) is 22.5 Å². The van der Waals surface area contributed by atoms with E-state index in [1.54, 1.807) is 31.2 Å². The summed E-state index contributed by atoms with van der Waals surface area (Å²) in [5.74, 6) is 1.05. The van der Waals surface area contributed by atoms with Crippen molar-refractivity contribution in [3.8, 4) is 17.2 Å². The molecule has 0 aliphatic rings. The Kier molecular flexibility index (Phi) is 5.53. The van der Waals surface area contributed by atoms with Gasteiger partial charge in [0.25, 0.3) is 11.8 Å². The Labute approximate surface area is 156 Å². The van der Waals surface area contributed by atoms with E-state index >= 15 is 0 Å². The summed E-state index contributed by atoms with van der Waals surface area (Å²) in [5, 5.41) is 7.16. The zero-order valence-electron chi connectivity index (χ0n) is 14.4. The first kappa shape index (κ1) is 17.9. The van der Waals surface area contributed by atoms with Crippen LogP contribution in [-0.4, -0.2) is 22.2 Å². The number of ether oxygens (including phenoxy) is 1. The number of nitrogens with zero attached hydrogens (tertiary/aromatic N) is 2. The summed E-state index contributed by atoms with van der Waals surface area (Å²) in [6, 6.07) is 14.6. The molecule has 0 radical (unpaired) electrons. The third-order valence-corrected chi connectivity index (χ3v) is 3.87. The van der Waals surface area contributed by atoms with Crippen molar-refractivity contribution in [2.45, 2.75) is 26.5 Å². The molecule has 0 aliphatic heterocycles. The maximum atomic E-state index is 12.2.